The van der Waals surface area contributed by atoms with Gasteiger partial charge in [0.1, 0.15) is 0 Å². The molecule has 2 atom stereocenters. The van der Waals surface area contributed by atoms with Gasteiger partial charge in [-0.2, -0.15) is 5.10 Å². The van der Waals surface area contributed by atoms with Crippen LogP contribution in [-0.2, 0) is 16.1 Å². The smallest absolute Gasteiger partial charge is 0.228 e. The van der Waals surface area contributed by atoms with Crippen LogP contribution in [0.3, 0.4) is 0 Å². The molecule has 1 aliphatic rings. The number of aryl methyl sites for hydroxylation is 2. The zero-order valence-corrected chi connectivity index (χ0v) is 14.8. The molecule has 0 radical (unpaired) electrons. The van der Waals surface area contributed by atoms with Crippen molar-refractivity contribution in [3.8, 4) is 0 Å². The zero-order chi connectivity index (χ0) is 17.3. The topological polar surface area (TPSA) is 56.1 Å². The molecule has 1 aromatic heterocycles. The normalized spacial score (nSPS) is 19.3. The molecule has 0 spiro atoms. The highest BCUT2D eigenvalue weighted by molar-refractivity contribution is 5.96. The second-order valence-electron chi connectivity index (χ2n) is 6.56. The highest BCUT2D eigenvalue weighted by Gasteiger charge is 2.44. The average molecular weight is 327 g/mol. The predicted octanol–water partition coefficient (Wildman–Crippen LogP) is 3.20. The van der Waals surface area contributed by atoms with Crippen LogP contribution in [-0.4, -0.2) is 29.4 Å². The van der Waals surface area contributed by atoms with Gasteiger partial charge in [-0.3, -0.25) is 9.48 Å². The molecule has 1 aliphatic carbocycles. The van der Waals surface area contributed by atoms with E-state index in [0.717, 1.165) is 23.5 Å². The predicted molar refractivity (Wildman–Crippen MR) is 94.2 cm³/mol. The molecule has 0 saturated heterocycles. The van der Waals surface area contributed by atoms with Gasteiger partial charge < -0.3 is 10.1 Å². The highest BCUT2D eigenvalue weighted by atomic mass is 16.5. The number of carbonyl (C=O) groups excluding carboxylic acids is 1. The van der Waals surface area contributed by atoms with E-state index in [1.807, 2.05) is 30.7 Å². The Kier molecular flexibility index (Phi) is 4.71. The minimum absolute atomic E-state index is 0.0622. The number of nitrogens with zero attached hydrogens (tertiary/aromatic N) is 2. The Bertz CT molecular complexity index is 751. The Morgan fingerprint density at radius 3 is 2.79 bits per heavy atom. The summed E-state index contributed by atoms with van der Waals surface area (Å²) in [7, 11) is 1.67. The number of benzene rings is 1. The van der Waals surface area contributed by atoms with Crippen molar-refractivity contribution >= 4 is 11.6 Å². The largest absolute Gasteiger partial charge is 0.383 e. The van der Waals surface area contributed by atoms with Gasteiger partial charge in [0.25, 0.3) is 0 Å². The van der Waals surface area contributed by atoms with Crippen molar-refractivity contribution in [3.05, 3.63) is 46.8 Å². The van der Waals surface area contributed by atoms with Crippen molar-refractivity contribution in [1.29, 1.82) is 0 Å². The second kappa shape index (κ2) is 6.77. The third-order valence-electron chi connectivity index (χ3n) is 4.85. The van der Waals surface area contributed by atoms with Gasteiger partial charge in [-0.25, -0.2) is 0 Å². The first-order chi connectivity index (χ1) is 11.5. The molecular weight excluding hydrogens is 302 g/mol. The molecular formula is C19H25N3O2. The number of ether oxygens (including phenoxy) is 1. The second-order valence-corrected chi connectivity index (χ2v) is 6.56. The van der Waals surface area contributed by atoms with Crippen molar-refractivity contribution in [3.63, 3.8) is 0 Å². The molecule has 5 heteroatoms. The molecule has 1 aromatic carbocycles. The minimum atomic E-state index is 0.0622. The number of amides is 1. The minimum Gasteiger partial charge on any atom is -0.383 e. The molecule has 5 nitrogen and oxygen atoms in total. The van der Waals surface area contributed by atoms with Crippen molar-refractivity contribution in [1.82, 2.24) is 9.78 Å². The summed E-state index contributed by atoms with van der Waals surface area (Å²) in [4.78, 5) is 12.6. The van der Waals surface area contributed by atoms with Gasteiger partial charge in [0.05, 0.1) is 30.2 Å². The molecule has 24 heavy (non-hydrogen) atoms. The summed E-state index contributed by atoms with van der Waals surface area (Å²) in [5.41, 5.74) is 5.22. The molecule has 1 amide bonds. The van der Waals surface area contributed by atoms with Crippen LogP contribution >= 0.6 is 0 Å². The highest BCUT2D eigenvalue weighted by Crippen LogP contribution is 2.49. The van der Waals surface area contributed by atoms with Crippen LogP contribution < -0.4 is 5.32 Å². The summed E-state index contributed by atoms with van der Waals surface area (Å²) in [6.45, 7) is 7.31. The Hall–Kier alpha value is -2.14. The van der Waals surface area contributed by atoms with E-state index in [0.29, 0.717) is 19.1 Å². The average Bonchev–Trinajstić information content (AvgIpc) is 3.31. The molecule has 0 aliphatic heterocycles. The van der Waals surface area contributed by atoms with E-state index in [-0.39, 0.29) is 11.8 Å². The Labute approximate surface area is 143 Å². The van der Waals surface area contributed by atoms with Crippen LogP contribution in [0.2, 0.25) is 0 Å². The van der Waals surface area contributed by atoms with Crippen molar-refractivity contribution < 1.29 is 9.53 Å². The summed E-state index contributed by atoms with van der Waals surface area (Å²) in [5, 5.41) is 7.59. The summed E-state index contributed by atoms with van der Waals surface area (Å²) in [6.07, 6.45) is 0.923. The molecule has 1 N–H and O–H groups in total. The third-order valence-corrected chi connectivity index (χ3v) is 4.85. The number of rotatable bonds is 6. The maximum atomic E-state index is 12.6. The molecule has 2 aromatic rings. The number of methoxy groups -OCH3 is 1. The maximum Gasteiger partial charge on any atom is 0.228 e. The summed E-state index contributed by atoms with van der Waals surface area (Å²) < 4.78 is 6.99. The fraction of sp³-hybridized carbons (Fsp3) is 0.474. The lowest BCUT2D eigenvalue weighted by molar-refractivity contribution is -0.117. The maximum absolute atomic E-state index is 12.6. The molecule has 1 saturated carbocycles. The fourth-order valence-electron chi connectivity index (χ4n) is 3.32. The molecule has 0 bridgehead atoms. The van der Waals surface area contributed by atoms with E-state index in [2.05, 4.69) is 29.5 Å². The lowest BCUT2D eigenvalue weighted by atomic mass is 10.0. The van der Waals surface area contributed by atoms with Gasteiger partial charge in [0.2, 0.25) is 5.91 Å². The zero-order valence-electron chi connectivity index (χ0n) is 14.8. The van der Waals surface area contributed by atoms with E-state index in [1.165, 1.54) is 11.1 Å². The molecule has 3 rings (SSSR count). The number of anilines is 1. The summed E-state index contributed by atoms with van der Waals surface area (Å²) in [6, 6.07) is 8.32. The molecule has 1 fully saturated rings. The van der Waals surface area contributed by atoms with E-state index in [1.54, 1.807) is 7.11 Å². The number of carbonyl (C=O) groups is 1. The van der Waals surface area contributed by atoms with Gasteiger partial charge in [-0.15, -0.1) is 0 Å². The quantitative estimate of drug-likeness (QED) is 0.886. The fourth-order valence-corrected chi connectivity index (χ4v) is 3.32. The van der Waals surface area contributed by atoms with E-state index in [4.69, 9.17) is 4.74 Å². The van der Waals surface area contributed by atoms with Gasteiger partial charge in [0, 0.05) is 13.0 Å². The standard InChI is InChI=1S/C19H25N3O2/c1-12-7-5-6-8-15(12)16-11-17(16)19(23)20-18-13(2)21-22(14(18)3)9-10-24-4/h5-8,16-17H,9-11H2,1-4H3,(H,20,23)/t16-,17-/m0/s1. The molecule has 1 heterocycles. The van der Waals surface area contributed by atoms with Gasteiger partial charge in [-0.1, -0.05) is 24.3 Å². The first-order valence-electron chi connectivity index (χ1n) is 8.42. The third kappa shape index (κ3) is 3.22. The monoisotopic (exact) mass is 327 g/mol. The Morgan fingerprint density at radius 2 is 2.08 bits per heavy atom. The Morgan fingerprint density at radius 1 is 1.33 bits per heavy atom. The van der Waals surface area contributed by atoms with Crippen LogP contribution in [0.15, 0.2) is 24.3 Å². The van der Waals surface area contributed by atoms with E-state index >= 15 is 0 Å². The van der Waals surface area contributed by atoms with Crippen LogP contribution in [0.4, 0.5) is 5.69 Å². The summed E-state index contributed by atoms with van der Waals surface area (Å²) in [5.74, 6) is 0.503. The number of hydrogen-bond acceptors (Lipinski definition) is 3. The molecule has 0 unspecified atom stereocenters. The first-order valence-corrected chi connectivity index (χ1v) is 8.42. The summed E-state index contributed by atoms with van der Waals surface area (Å²) >= 11 is 0. The van der Waals surface area contributed by atoms with E-state index < -0.39 is 0 Å². The van der Waals surface area contributed by atoms with E-state index in [9.17, 15) is 4.79 Å². The van der Waals surface area contributed by atoms with Gasteiger partial charge >= 0.3 is 0 Å². The van der Waals surface area contributed by atoms with Crippen LogP contribution in [0, 0.1) is 26.7 Å². The first kappa shape index (κ1) is 16.7. The number of aromatic nitrogens is 2. The van der Waals surface area contributed by atoms with Crippen LogP contribution in [0.25, 0.3) is 0 Å². The van der Waals surface area contributed by atoms with Crippen molar-refractivity contribution in [2.75, 3.05) is 19.0 Å². The SMILES string of the molecule is COCCn1nc(C)c(NC(=O)[C@H]2C[C@H]2c2ccccc2C)c1C. The van der Waals surface area contributed by atoms with Gasteiger partial charge in [0.15, 0.2) is 0 Å². The van der Waals surface area contributed by atoms with Crippen molar-refractivity contribution in [2.45, 2.75) is 39.7 Å². The van der Waals surface area contributed by atoms with Gasteiger partial charge in [-0.05, 0) is 44.2 Å². The lowest BCUT2D eigenvalue weighted by Crippen LogP contribution is -2.16. The van der Waals surface area contributed by atoms with Crippen LogP contribution in [0.5, 0.6) is 0 Å². The number of nitrogens with one attached hydrogen (secondary N) is 1. The number of hydrogen-bond donors (Lipinski definition) is 1. The van der Waals surface area contributed by atoms with Crippen molar-refractivity contribution in [2.24, 2.45) is 5.92 Å². The lowest BCUT2D eigenvalue weighted by Gasteiger charge is -2.08. The van der Waals surface area contributed by atoms with Crippen LogP contribution in [0.1, 0.15) is 34.9 Å². The Balaban J connectivity index is 1.68. The molecule has 128 valence electrons.